The molecule has 1 unspecified atom stereocenters. The van der Waals surface area contributed by atoms with Crippen LogP contribution in [0.25, 0.3) is 10.8 Å². The van der Waals surface area contributed by atoms with Crippen molar-refractivity contribution < 1.29 is 0 Å². The van der Waals surface area contributed by atoms with E-state index in [1.807, 2.05) is 19.2 Å². The second-order valence-corrected chi connectivity index (χ2v) is 6.28. The minimum atomic E-state index is 0.272. The first-order valence-electron chi connectivity index (χ1n) is 7.78. The number of fused-ring (bicyclic) bond motifs is 3. The van der Waals surface area contributed by atoms with Crippen LogP contribution in [0.3, 0.4) is 0 Å². The van der Waals surface area contributed by atoms with E-state index in [9.17, 15) is 0 Å². The van der Waals surface area contributed by atoms with Crippen molar-refractivity contribution in [3.63, 3.8) is 0 Å². The molecule has 1 N–H and O–H groups in total. The van der Waals surface area contributed by atoms with Crippen molar-refractivity contribution in [2.45, 2.75) is 12.3 Å². The summed E-state index contributed by atoms with van der Waals surface area (Å²) in [5.74, 6) is 1.28. The smallest absolute Gasteiger partial charge is 0.103 e. The van der Waals surface area contributed by atoms with Gasteiger partial charge in [-0.05, 0) is 28.6 Å². The lowest BCUT2D eigenvalue weighted by Gasteiger charge is -2.26. The third kappa shape index (κ3) is 2.49. The number of hydrogen-bond donors (Lipinski definition) is 1. The predicted molar refractivity (Wildman–Crippen MR) is 98.0 cm³/mol. The molecule has 1 atom stereocenters. The van der Waals surface area contributed by atoms with Crippen LogP contribution in [-0.4, -0.2) is 12.9 Å². The zero-order chi connectivity index (χ0) is 15.8. The van der Waals surface area contributed by atoms with Crippen molar-refractivity contribution >= 4 is 33.9 Å². The highest BCUT2D eigenvalue weighted by Crippen LogP contribution is 2.42. The van der Waals surface area contributed by atoms with Crippen LogP contribution in [0.15, 0.2) is 65.7 Å². The molecule has 0 spiro atoms. The SMILES string of the molecule is CNC1=Nc2c(ccc3ccccc23)C(c2cccc(Cl)c2)C1. The summed E-state index contributed by atoms with van der Waals surface area (Å²) in [7, 11) is 1.93. The van der Waals surface area contributed by atoms with Crippen molar-refractivity contribution in [3.8, 4) is 0 Å². The van der Waals surface area contributed by atoms with E-state index in [-0.39, 0.29) is 5.92 Å². The fraction of sp³-hybridized carbons (Fsp3) is 0.150. The molecule has 3 aromatic rings. The molecule has 0 radical (unpaired) electrons. The molecule has 3 aromatic carbocycles. The van der Waals surface area contributed by atoms with Gasteiger partial charge in [-0.1, -0.05) is 60.1 Å². The van der Waals surface area contributed by atoms with Gasteiger partial charge in [0.05, 0.1) is 5.69 Å². The number of benzene rings is 3. The third-order valence-electron chi connectivity index (χ3n) is 4.49. The number of hydrogen-bond acceptors (Lipinski definition) is 2. The van der Waals surface area contributed by atoms with Crippen LogP contribution in [0.4, 0.5) is 5.69 Å². The molecular weight excluding hydrogens is 304 g/mol. The Labute approximate surface area is 140 Å². The van der Waals surface area contributed by atoms with Gasteiger partial charge in [0.25, 0.3) is 0 Å². The highest BCUT2D eigenvalue weighted by Gasteiger charge is 2.25. The maximum Gasteiger partial charge on any atom is 0.103 e. The topological polar surface area (TPSA) is 24.4 Å². The second-order valence-electron chi connectivity index (χ2n) is 5.84. The second kappa shape index (κ2) is 5.71. The average molecular weight is 321 g/mol. The molecule has 2 nitrogen and oxygen atoms in total. The summed E-state index contributed by atoms with van der Waals surface area (Å²) in [4.78, 5) is 4.86. The summed E-state index contributed by atoms with van der Waals surface area (Å²) in [5, 5.41) is 6.44. The van der Waals surface area contributed by atoms with Crippen LogP contribution >= 0.6 is 11.6 Å². The Morgan fingerprint density at radius 2 is 1.91 bits per heavy atom. The van der Waals surface area contributed by atoms with E-state index < -0.39 is 0 Å². The van der Waals surface area contributed by atoms with Crippen LogP contribution < -0.4 is 5.32 Å². The van der Waals surface area contributed by atoms with Crippen molar-refractivity contribution in [3.05, 3.63) is 76.8 Å². The summed E-state index contributed by atoms with van der Waals surface area (Å²) >= 11 is 6.21. The highest BCUT2D eigenvalue weighted by atomic mass is 35.5. The van der Waals surface area contributed by atoms with Gasteiger partial charge in [0.15, 0.2) is 0 Å². The van der Waals surface area contributed by atoms with Gasteiger partial charge in [-0.3, -0.25) is 0 Å². The Morgan fingerprint density at radius 1 is 1.04 bits per heavy atom. The normalized spacial score (nSPS) is 16.8. The Hall–Kier alpha value is -2.32. The molecule has 0 saturated carbocycles. The number of halogens is 1. The van der Waals surface area contributed by atoms with Gasteiger partial charge in [0.1, 0.15) is 5.84 Å². The van der Waals surface area contributed by atoms with Crippen molar-refractivity contribution in [1.82, 2.24) is 5.32 Å². The molecule has 0 saturated heterocycles. The zero-order valence-electron chi connectivity index (χ0n) is 12.9. The highest BCUT2D eigenvalue weighted by molar-refractivity contribution is 6.30. The Kier molecular flexibility index (Phi) is 3.55. The van der Waals surface area contributed by atoms with Crippen LogP contribution in [0.2, 0.25) is 5.02 Å². The van der Waals surface area contributed by atoms with Crippen molar-refractivity contribution in [2.24, 2.45) is 4.99 Å². The lowest BCUT2D eigenvalue weighted by Crippen LogP contribution is -2.24. The molecule has 1 heterocycles. The lowest BCUT2D eigenvalue weighted by molar-refractivity contribution is 0.818. The Bertz CT molecular complexity index is 914. The molecule has 3 heteroatoms. The molecule has 4 rings (SSSR count). The van der Waals surface area contributed by atoms with Crippen LogP contribution in [0, 0.1) is 0 Å². The number of aliphatic imine (C=N–C) groups is 1. The Morgan fingerprint density at radius 3 is 2.74 bits per heavy atom. The number of nitrogens with one attached hydrogen (secondary N) is 1. The molecule has 0 fully saturated rings. The van der Waals surface area contributed by atoms with Crippen molar-refractivity contribution in [1.29, 1.82) is 0 Å². The molecule has 1 aliphatic heterocycles. The summed E-state index contributed by atoms with van der Waals surface area (Å²) in [5.41, 5.74) is 3.57. The van der Waals surface area contributed by atoms with E-state index >= 15 is 0 Å². The van der Waals surface area contributed by atoms with Gasteiger partial charge >= 0.3 is 0 Å². The first-order chi connectivity index (χ1) is 11.3. The van der Waals surface area contributed by atoms with E-state index in [0.29, 0.717) is 0 Å². The summed E-state index contributed by atoms with van der Waals surface area (Å²) in [6.45, 7) is 0. The van der Waals surface area contributed by atoms with E-state index in [0.717, 1.165) is 23.0 Å². The van der Waals surface area contributed by atoms with E-state index in [1.54, 1.807) is 0 Å². The number of nitrogens with zero attached hydrogens (tertiary/aromatic N) is 1. The van der Waals surface area contributed by atoms with Crippen LogP contribution in [0.5, 0.6) is 0 Å². The van der Waals surface area contributed by atoms with E-state index in [1.165, 1.54) is 21.9 Å². The predicted octanol–water partition coefficient (Wildman–Crippen LogP) is 5.28. The van der Waals surface area contributed by atoms with E-state index in [4.69, 9.17) is 16.6 Å². The van der Waals surface area contributed by atoms with Gasteiger partial charge in [-0.25, -0.2) is 4.99 Å². The first kappa shape index (κ1) is 14.3. The average Bonchev–Trinajstić information content (AvgIpc) is 2.60. The molecule has 0 amide bonds. The molecule has 0 aromatic heterocycles. The third-order valence-corrected chi connectivity index (χ3v) is 4.73. The summed E-state index contributed by atoms with van der Waals surface area (Å²) in [6.07, 6.45) is 0.863. The maximum atomic E-state index is 6.21. The van der Waals surface area contributed by atoms with Gasteiger partial charge in [0.2, 0.25) is 0 Å². The van der Waals surface area contributed by atoms with Gasteiger partial charge < -0.3 is 5.32 Å². The largest absolute Gasteiger partial charge is 0.377 e. The molecule has 0 bridgehead atoms. The number of amidine groups is 1. The summed E-state index contributed by atoms with van der Waals surface area (Å²) in [6, 6.07) is 20.9. The quantitative estimate of drug-likeness (QED) is 0.648. The number of rotatable bonds is 1. The Balaban J connectivity index is 1.96. The molecule has 0 aliphatic carbocycles. The summed E-state index contributed by atoms with van der Waals surface area (Å²) < 4.78 is 0. The van der Waals surface area contributed by atoms with Crippen LogP contribution in [0.1, 0.15) is 23.5 Å². The first-order valence-corrected chi connectivity index (χ1v) is 8.16. The minimum absolute atomic E-state index is 0.272. The van der Waals surface area contributed by atoms with Gasteiger partial charge in [-0.2, -0.15) is 0 Å². The fourth-order valence-corrected chi connectivity index (χ4v) is 3.54. The standard InChI is InChI=1S/C20H17ClN2/c1-22-19-12-18(14-6-4-7-15(21)11-14)17-10-9-13-5-2-3-8-16(13)20(17)23-19/h2-11,18H,12H2,1H3,(H,22,23). The maximum absolute atomic E-state index is 6.21. The van der Waals surface area contributed by atoms with Gasteiger partial charge in [0, 0.05) is 29.8 Å². The van der Waals surface area contributed by atoms with Crippen LogP contribution in [-0.2, 0) is 0 Å². The zero-order valence-corrected chi connectivity index (χ0v) is 13.6. The minimum Gasteiger partial charge on any atom is -0.377 e. The van der Waals surface area contributed by atoms with Gasteiger partial charge in [-0.15, -0.1) is 0 Å². The molecule has 1 aliphatic rings. The monoisotopic (exact) mass is 320 g/mol. The fourth-order valence-electron chi connectivity index (χ4n) is 3.34. The molecule has 114 valence electrons. The molecular formula is C20H17ClN2. The lowest BCUT2D eigenvalue weighted by atomic mass is 9.84. The van der Waals surface area contributed by atoms with Crippen molar-refractivity contribution in [2.75, 3.05) is 7.05 Å². The molecule has 23 heavy (non-hydrogen) atoms. The van der Waals surface area contributed by atoms with E-state index in [2.05, 4.69) is 53.8 Å².